The number of imide groups is 2. The van der Waals surface area contributed by atoms with Crippen molar-refractivity contribution in [1.82, 2.24) is 9.80 Å². The van der Waals surface area contributed by atoms with Crippen LogP contribution in [0.5, 0.6) is 0 Å². The van der Waals surface area contributed by atoms with Crippen LogP contribution in [0.25, 0.3) is 0 Å². The fourth-order valence-electron chi connectivity index (χ4n) is 2.49. The first kappa shape index (κ1) is 18.9. The molecule has 2 aliphatic rings. The summed E-state index contributed by atoms with van der Waals surface area (Å²) in [5.41, 5.74) is 0. The number of hydrogen-bond donors (Lipinski definition) is 0. The van der Waals surface area contributed by atoms with Crippen LogP contribution in [0, 0.1) is 0 Å². The molecule has 0 aromatic rings. The molecule has 0 radical (unpaired) electrons. The van der Waals surface area contributed by atoms with Crippen molar-refractivity contribution in [2.24, 2.45) is 0 Å². The number of likely N-dealkylation sites (tertiary alicyclic amines) is 2. The summed E-state index contributed by atoms with van der Waals surface area (Å²) < 4.78 is 9.30. The second kappa shape index (κ2) is 7.64. The normalized spacial score (nSPS) is 20.1. The number of rotatable bonds is 6. The summed E-state index contributed by atoms with van der Waals surface area (Å²) in [4.78, 5) is 71.5. The van der Waals surface area contributed by atoms with Crippen LogP contribution in [0.4, 0.5) is 0 Å². The molecular weight excluding hydrogens is 356 g/mol. The first-order valence-electron chi connectivity index (χ1n) is 7.52. The van der Waals surface area contributed by atoms with Crippen LogP contribution in [-0.2, 0) is 37.1 Å². The van der Waals surface area contributed by atoms with Crippen molar-refractivity contribution >= 4 is 47.9 Å². The first-order valence-corrected chi connectivity index (χ1v) is 8.19. The Hall–Kier alpha value is -2.43. The van der Waals surface area contributed by atoms with Crippen molar-refractivity contribution in [2.75, 3.05) is 0 Å². The van der Waals surface area contributed by atoms with Crippen LogP contribution in [0.2, 0.25) is 0 Å². The maximum Gasteiger partial charge on any atom is 0.343 e. The molecule has 25 heavy (non-hydrogen) atoms. The standard InChI is InChI=1S/C14H16N2O8S/c1-7(15-9(17)3-4-10(15)18)13(21)23-25-24-14(22)8(2)16-11(19)5-6-12(16)20/h7-8H,3-6H2,1-2H3. The third-order valence-electron chi connectivity index (χ3n) is 3.87. The maximum absolute atomic E-state index is 11.8. The van der Waals surface area contributed by atoms with Gasteiger partial charge in [-0.3, -0.25) is 29.0 Å². The number of carbonyl (C=O) groups is 6. The van der Waals surface area contributed by atoms with Gasteiger partial charge in [-0.25, -0.2) is 9.59 Å². The quantitative estimate of drug-likeness (QED) is 0.456. The molecule has 0 saturated carbocycles. The molecular formula is C14H16N2O8S. The summed E-state index contributed by atoms with van der Waals surface area (Å²) in [6.07, 6.45) is 0.143. The fraction of sp³-hybridized carbons (Fsp3) is 0.571. The summed E-state index contributed by atoms with van der Waals surface area (Å²) in [7, 11) is 0. The van der Waals surface area contributed by atoms with Crippen LogP contribution in [0.3, 0.4) is 0 Å². The Balaban J connectivity index is 1.81. The minimum Gasteiger partial charge on any atom is -0.353 e. The van der Waals surface area contributed by atoms with Gasteiger partial charge in [-0.1, -0.05) is 0 Å². The van der Waals surface area contributed by atoms with Crippen LogP contribution in [0.15, 0.2) is 0 Å². The lowest BCUT2D eigenvalue weighted by molar-refractivity contribution is -0.153. The van der Waals surface area contributed by atoms with Gasteiger partial charge >= 0.3 is 11.9 Å². The Labute approximate surface area is 147 Å². The van der Waals surface area contributed by atoms with Gasteiger partial charge in [0.05, 0.1) is 0 Å². The van der Waals surface area contributed by atoms with Crippen LogP contribution in [0.1, 0.15) is 39.5 Å². The van der Waals surface area contributed by atoms with E-state index in [0.717, 1.165) is 9.80 Å². The van der Waals surface area contributed by atoms with Gasteiger partial charge in [0.1, 0.15) is 12.1 Å². The van der Waals surface area contributed by atoms with Gasteiger partial charge in [0.2, 0.25) is 23.6 Å². The van der Waals surface area contributed by atoms with E-state index in [1.165, 1.54) is 13.8 Å². The monoisotopic (exact) mass is 372 g/mol. The Morgan fingerprint density at radius 2 is 1.04 bits per heavy atom. The smallest absolute Gasteiger partial charge is 0.343 e. The van der Waals surface area contributed by atoms with E-state index in [9.17, 15) is 28.8 Å². The van der Waals surface area contributed by atoms with Gasteiger partial charge in [-0.05, 0) is 13.8 Å². The van der Waals surface area contributed by atoms with Crippen molar-refractivity contribution in [2.45, 2.75) is 51.6 Å². The highest BCUT2D eigenvalue weighted by Gasteiger charge is 2.39. The van der Waals surface area contributed by atoms with Crippen molar-refractivity contribution in [3.8, 4) is 0 Å². The van der Waals surface area contributed by atoms with Crippen molar-refractivity contribution in [3.05, 3.63) is 0 Å². The summed E-state index contributed by atoms with van der Waals surface area (Å²) >= 11 is 0.0510. The molecule has 0 aliphatic carbocycles. The summed E-state index contributed by atoms with van der Waals surface area (Å²) in [5.74, 6) is -3.79. The Kier molecular flexibility index (Phi) is 5.77. The zero-order valence-electron chi connectivity index (χ0n) is 13.6. The molecule has 0 N–H and O–H groups in total. The maximum atomic E-state index is 11.8. The number of carbonyl (C=O) groups excluding carboxylic acids is 6. The molecule has 2 atom stereocenters. The minimum absolute atomic E-state index is 0.0357. The van der Waals surface area contributed by atoms with Gasteiger partial charge < -0.3 is 8.37 Å². The van der Waals surface area contributed by atoms with E-state index in [2.05, 4.69) is 8.37 Å². The summed E-state index contributed by atoms with van der Waals surface area (Å²) in [5, 5.41) is 0. The number of amides is 4. The Bertz CT molecular complexity index is 563. The molecule has 0 aromatic heterocycles. The molecule has 10 nitrogen and oxygen atoms in total. The zero-order valence-corrected chi connectivity index (χ0v) is 14.4. The highest BCUT2D eigenvalue weighted by Crippen LogP contribution is 2.20. The topological polar surface area (TPSA) is 127 Å². The van der Waals surface area contributed by atoms with Crippen molar-refractivity contribution in [3.63, 3.8) is 0 Å². The molecule has 4 amide bonds. The van der Waals surface area contributed by atoms with Crippen molar-refractivity contribution < 1.29 is 37.1 Å². The molecule has 0 spiro atoms. The number of nitrogens with zero attached hydrogens (tertiary/aromatic N) is 2. The Morgan fingerprint density at radius 3 is 1.32 bits per heavy atom. The van der Waals surface area contributed by atoms with E-state index in [4.69, 9.17) is 0 Å². The molecule has 2 rings (SSSR count). The van der Waals surface area contributed by atoms with E-state index in [0.29, 0.717) is 0 Å². The molecule has 11 heteroatoms. The molecule has 2 heterocycles. The summed E-state index contributed by atoms with van der Waals surface area (Å²) in [6, 6.07) is -2.29. The SMILES string of the molecule is CC(C(=O)OSOC(=O)C(C)N1C(=O)CCC1=O)N1C(=O)CCC1=O. The van der Waals surface area contributed by atoms with Crippen LogP contribution in [-0.4, -0.2) is 57.5 Å². The highest BCUT2D eigenvalue weighted by molar-refractivity contribution is 7.90. The third-order valence-corrected chi connectivity index (χ3v) is 4.33. The summed E-state index contributed by atoms with van der Waals surface area (Å²) in [6.45, 7) is 2.63. The lowest BCUT2D eigenvalue weighted by Gasteiger charge is -2.21. The van der Waals surface area contributed by atoms with Gasteiger partial charge in [-0.2, -0.15) is 0 Å². The van der Waals surface area contributed by atoms with E-state index in [-0.39, 0.29) is 38.0 Å². The second-order valence-corrected chi connectivity index (χ2v) is 6.01. The van der Waals surface area contributed by atoms with Crippen LogP contribution < -0.4 is 0 Å². The highest BCUT2D eigenvalue weighted by atomic mass is 32.2. The molecule has 2 fully saturated rings. The Morgan fingerprint density at radius 1 is 0.760 bits per heavy atom. The molecule has 0 aromatic carbocycles. The largest absolute Gasteiger partial charge is 0.353 e. The third kappa shape index (κ3) is 3.98. The van der Waals surface area contributed by atoms with Crippen LogP contribution >= 0.6 is 12.3 Å². The van der Waals surface area contributed by atoms with E-state index < -0.39 is 47.7 Å². The lowest BCUT2D eigenvalue weighted by atomic mass is 10.3. The zero-order chi connectivity index (χ0) is 18.7. The first-order chi connectivity index (χ1) is 11.7. The van der Waals surface area contributed by atoms with E-state index in [1.807, 2.05) is 0 Å². The molecule has 2 unspecified atom stereocenters. The predicted octanol–water partition coefficient (Wildman–Crippen LogP) is -0.289. The second-order valence-electron chi connectivity index (χ2n) is 5.54. The van der Waals surface area contributed by atoms with E-state index >= 15 is 0 Å². The predicted molar refractivity (Wildman–Crippen MR) is 80.9 cm³/mol. The van der Waals surface area contributed by atoms with Gasteiger partial charge in [0.25, 0.3) is 12.3 Å². The van der Waals surface area contributed by atoms with Gasteiger partial charge in [0.15, 0.2) is 0 Å². The van der Waals surface area contributed by atoms with Gasteiger partial charge in [-0.15, -0.1) is 0 Å². The van der Waals surface area contributed by atoms with Gasteiger partial charge in [0, 0.05) is 25.7 Å². The molecule has 2 saturated heterocycles. The van der Waals surface area contributed by atoms with E-state index in [1.54, 1.807) is 0 Å². The van der Waals surface area contributed by atoms with Crippen molar-refractivity contribution in [1.29, 1.82) is 0 Å². The molecule has 2 aliphatic heterocycles. The minimum atomic E-state index is -1.15. The lowest BCUT2D eigenvalue weighted by Crippen LogP contribution is -2.43. The number of hydrogen-bond acceptors (Lipinski definition) is 9. The molecule has 136 valence electrons. The average molecular weight is 372 g/mol. The molecule has 0 bridgehead atoms. The fourth-order valence-corrected chi connectivity index (χ4v) is 2.93. The average Bonchev–Trinajstić information content (AvgIpc) is 3.07.